The number of fused-ring (bicyclic) bond motifs is 1. The molecule has 10 heteroatoms. The van der Waals surface area contributed by atoms with Crippen molar-refractivity contribution in [1.82, 2.24) is 5.32 Å². The Morgan fingerprint density at radius 2 is 1.83 bits per heavy atom. The zero-order valence-corrected chi connectivity index (χ0v) is 15.2. The highest BCUT2D eigenvalue weighted by atomic mass is 19.2. The van der Waals surface area contributed by atoms with Crippen molar-refractivity contribution in [2.75, 3.05) is 23.3 Å². The lowest BCUT2D eigenvalue weighted by atomic mass is 10.1. The van der Waals surface area contributed by atoms with Gasteiger partial charge < -0.3 is 20.3 Å². The van der Waals surface area contributed by atoms with E-state index in [1.54, 1.807) is 24.3 Å². The fourth-order valence-electron chi connectivity index (χ4n) is 2.77. The summed E-state index contributed by atoms with van der Waals surface area (Å²) >= 11 is 0. The van der Waals surface area contributed by atoms with Crippen LogP contribution in [-0.2, 0) is 14.4 Å². The molecule has 0 saturated heterocycles. The van der Waals surface area contributed by atoms with Crippen LogP contribution in [0.3, 0.4) is 0 Å². The van der Waals surface area contributed by atoms with Gasteiger partial charge in [0.05, 0.1) is 24.5 Å². The third kappa shape index (κ3) is 4.31. The number of para-hydroxylation sites is 2. The van der Waals surface area contributed by atoms with Crippen LogP contribution in [0.15, 0.2) is 36.4 Å². The van der Waals surface area contributed by atoms with Gasteiger partial charge in [-0.05, 0) is 24.3 Å². The number of anilines is 2. The van der Waals surface area contributed by atoms with Crippen LogP contribution in [0.25, 0.3) is 0 Å². The van der Waals surface area contributed by atoms with Crippen molar-refractivity contribution in [2.24, 2.45) is 0 Å². The maximum Gasteiger partial charge on any atom is 0.263 e. The molecule has 1 unspecified atom stereocenters. The maximum absolute atomic E-state index is 13.6. The number of nitrogens with zero attached hydrogens (tertiary/aromatic N) is 1. The zero-order valence-electron chi connectivity index (χ0n) is 15.2. The van der Waals surface area contributed by atoms with Crippen LogP contribution in [0.1, 0.15) is 6.92 Å². The average molecular weight is 407 g/mol. The number of carbonyl (C=O) groups is 3. The van der Waals surface area contributed by atoms with Crippen molar-refractivity contribution >= 4 is 29.1 Å². The van der Waals surface area contributed by atoms with Crippen LogP contribution in [0.4, 0.5) is 24.5 Å². The van der Waals surface area contributed by atoms with E-state index in [9.17, 15) is 27.6 Å². The molecule has 2 aromatic carbocycles. The molecular weight excluding hydrogens is 391 g/mol. The number of hydrogen-bond acceptors (Lipinski definition) is 4. The van der Waals surface area contributed by atoms with Crippen LogP contribution in [0.2, 0.25) is 0 Å². The van der Waals surface area contributed by atoms with Crippen LogP contribution >= 0.6 is 0 Å². The molecule has 1 heterocycles. The Hall–Kier alpha value is -3.56. The maximum atomic E-state index is 13.6. The van der Waals surface area contributed by atoms with Gasteiger partial charge in [-0.3, -0.25) is 14.4 Å². The second-order valence-corrected chi connectivity index (χ2v) is 6.19. The summed E-state index contributed by atoms with van der Waals surface area (Å²) in [7, 11) is 0. The smallest absolute Gasteiger partial charge is 0.263 e. The lowest BCUT2D eigenvalue weighted by Gasteiger charge is -2.33. The average Bonchev–Trinajstić information content (AvgIpc) is 2.71. The van der Waals surface area contributed by atoms with Crippen molar-refractivity contribution < 1.29 is 32.3 Å². The molecule has 29 heavy (non-hydrogen) atoms. The molecule has 1 atom stereocenters. The topological polar surface area (TPSA) is 87.7 Å². The van der Waals surface area contributed by atoms with Gasteiger partial charge in [-0.1, -0.05) is 12.1 Å². The summed E-state index contributed by atoms with van der Waals surface area (Å²) in [6.45, 7) is 0.720. The number of ether oxygens (including phenoxy) is 1. The third-order valence-electron chi connectivity index (χ3n) is 4.18. The van der Waals surface area contributed by atoms with Gasteiger partial charge in [-0.2, -0.15) is 0 Å². The largest absolute Gasteiger partial charge is 0.477 e. The SMILES string of the molecule is CC(=O)N1CC(C(=O)NCC(=O)Nc2ccc(F)c(F)c2F)Oc2ccccc21. The minimum Gasteiger partial charge on any atom is -0.477 e. The molecule has 0 bridgehead atoms. The first-order valence-corrected chi connectivity index (χ1v) is 8.52. The number of rotatable bonds is 4. The predicted molar refractivity (Wildman–Crippen MR) is 96.8 cm³/mol. The summed E-state index contributed by atoms with van der Waals surface area (Å²) in [5.74, 6) is -6.14. The van der Waals surface area contributed by atoms with E-state index in [0.717, 1.165) is 6.07 Å². The van der Waals surface area contributed by atoms with Crippen molar-refractivity contribution in [1.29, 1.82) is 0 Å². The second-order valence-electron chi connectivity index (χ2n) is 6.19. The van der Waals surface area contributed by atoms with Gasteiger partial charge in [-0.25, -0.2) is 13.2 Å². The van der Waals surface area contributed by atoms with E-state index in [-0.39, 0.29) is 12.5 Å². The number of nitrogens with one attached hydrogen (secondary N) is 2. The van der Waals surface area contributed by atoms with E-state index < -0.39 is 47.6 Å². The lowest BCUT2D eigenvalue weighted by molar-refractivity contribution is -0.130. The Labute approximate surface area is 163 Å². The van der Waals surface area contributed by atoms with Gasteiger partial charge in [0.15, 0.2) is 23.6 Å². The summed E-state index contributed by atoms with van der Waals surface area (Å²) in [5.41, 5.74) is -0.0376. The van der Waals surface area contributed by atoms with Crippen LogP contribution in [0, 0.1) is 17.5 Å². The minimum absolute atomic E-state index is 0.0579. The first kappa shape index (κ1) is 20.2. The molecule has 7 nitrogen and oxygen atoms in total. The number of amides is 3. The first-order valence-electron chi connectivity index (χ1n) is 8.52. The minimum atomic E-state index is -1.72. The molecular formula is C19H16F3N3O4. The Morgan fingerprint density at radius 1 is 1.10 bits per heavy atom. The van der Waals surface area contributed by atoms with E-state index in [0.29, 0.717) is 17.5 Å². The summed E-state index contributed by atoms with van der Waals surface area (Å²) in [5, 5.41) is 4.34. The van der Waals surface area contributed by atoms with Crippen molar-refractivity contribution in [3.05, 3.63) is 53.8 Å². The standard InChI is InChI=1S/C19H16F3N3O4/c1-10(26)25-9-15(29-14-5-3-2-4-13(14)25)19(28)23-8-16(27)24-12-7-6-11(20)17(21)18(12)22/h2-7,15H,8-9H2,1H3,(H,23,28)(H,24,27). The summed E-state index contributed by atoms with van der Waals surface area (Å²) in [6.07, 6.45) is -1.07. The Bertz CT molecular complexity index is 983. The fraction of sp³-hybridized carbons (Fsp3) is 0.211. The molecule has 2 N–H and O–H groups in total. The van der Waals surface area contributed by atoms with Crippen LogP contribution in [-0.4, -0.2) is 36.9 Å². The molecule has 3 amide bonds. The fourth-order valence-corrected chi connectivity index (χ4v) is 2.77. The molecule has 0 radical (unpaired) electrons. The summed E-state index contributed by atoms with van der Waals surface area (Å²) in [4.78, 5) is 37.5. The zero-order chi connectivity index (χ0) is 21.1. The Kier molecular flexibility index (Phi) is 5.71. The quantitative estimate of drug-likeness (QED) is 0.759. The molecule has 0 aromatic heterocycles. The van der Waals surface area contributed by atoms with E-state index in [4.69, 9.17) is 4.74 Å². The van der Waals surface area contributed by atoms with Crippen LogP contribution in [0.5, 0.6) is 5.75 Å². The second kappa shape index (κ2) is 8.21. The third-order valence-corrected chi connectivity index (χ3v) is 4.18. The van der Waals surface area contributed by atoms with Gasteiger partial charge >= 0.3 is 0 Å². The Balaban J connectivity index is 1.62. The molecule has 1 aliphatic heterocycles. The predicted octanol–water partition coefficient (Wildman–Crippen LogP) is 1.97. The number of benzene rings is 2. The van der Waals surface area contributed by atoms with Gasteiger partial charge in [0, 0.05) is 6.92 Å². The molecule has 0 saturated carbocycles. The highest BCUT2D eigenvalue weighted by Crippen LogP contribution is 2.33. The number of carbonyl (C=O) groups excluding carboxylic acids is 3. The monoisotopic (exact) mass is 407 g/mol. The number of halogens is 3. The molecule has 3 rings (SSSR count). The molecule has 1 aliphatic rings. The van der Waals surface area contributed by atoms with Crippen molar-refractivity contribution in [3.63, 3.8) is 0 Å². The van der Waals surface area contributed by atoms with Gasteiger partial charge in [0.1, 0.15) is 5.75 Å². The van der Waals surface area contributed by atoms with E-state index in [1.165, 1.54) is 11.8 Å². The highest BCUT2D eigenvalue weighted by molar-refractivity contribution is 5.98. The van der Waals surface area contributed by atoms with Gasteiger partial charge in [0.2, 0.25) is 11.8 Å². The normalized spacial score (nSPS) is 15.2. The van der Waals surface area contributed by atoms with E-state index in [1.807, 2.05) is 5.32 Å². The summed E-state index contributed by atoms with van der Waals surface area (Å²) < 4.78 is 45.3. The van der Waals surface area contributed by atoms with Crippen molar-refractivity contribution in [2.45, 2.75) is 13.0 Å². The molecule has 0 spiro atoms. The molecule has 2 aromatic rings. The molecule has 152 valence electrons. The summed E-state index contributed by atoms with van der Waals surface area (Å²) in [6, 6.07) is 8.20. The molecule has 0 fully saturated rings. The van der Waals surface area contributed by atoms with Crippen molar-refractivity contribution in [3.8, 4) is 5.75 Å². The Morgan fingerprint density at radius 3 is 2.55 bits per heavy atom. The first-order chi connectivity index (χ1) is 13.8. The highest BCUT2D eigenvalue weighted by Gasteiger charge is 2.32. The van der Waals surface area contributed by atoms with E-state index >= 15 is 0 Å². The van der Waals surface area contributed by atoms with Gasteiger partial charge in [0.25, 0.3) is 5.91 Å². The lowest BCUT2D eigenvalue weighted by Crippen LogP contribution is -2.51. The molecule has 0 aliphatic carbocycles. The van der Waals surface area contributed by atoms with E-state index in [2.05, 4.69) is 5.32 Å². The van der Waals surface area contributed by atoms with Crippen LogP contribution < -0.4 is 20.3 Å². The number of hydrogen-bond donors (Lipinski definition) is 2. The van der Waals surface area contributed by atoms with Gasteiger partial charge in [-0.15, -0.1) is 0 Å².